The lowest BCUT2D eigenvalue weighted by molar-refractivity contribution is -0.00199. The Hall–Kier alpha value is -0.860. The molecule has 0 amide bonds. The van der Waals surface area contributed by atoms with Crippen molar-refractivity contribution in [2.75, 3.05) is 6.61 Å². The first-order chi connectivity index (χ1) is 10.2. The minimum absolute atomic E-state index is 0.0288. The number of ether oxygens (including phenoxy) is 1. The number of unbranched alkanes of at least 4 members (excludes halogenated alkanes) is 1. The van der Waals surface area contributed by atoms with Gasteiger partial charge in [0.25, 0.3) is 0 Å². The van der Waals surface area contributed by atoms with Gasteiger partial charge in [-0.05, 0) is 35.8 Å². The minimum atomic E-state index is 0.0288. The van der Waals surface area contributed by atoms with E-state index in [0.717, 1.165) is 13.0 Å². The summed E-state index contributed by atoms with van der Waals surface area (Å²) in [7, 11) is 0. The van der Waals surface area contributed by atoms with E-state index in [1.807, 2.05) is 0 Å². The first kappa shape index (κ1) is 16.5. The maximum atomic E-state index is 6.46. The average Bonchev–Trinajstić information content (AvgIpc) is 2.52. The van der Waals surface area contributed by atoms with Crippen LogP contribution in [0.3, 0.4) is 0 Å². The Labute approximate surface area is 130 Å². The fourth-order valence-corrected chi connectivity index (χ4v) is 3.42. The van der Waals surface area contributed by atoms with Gasteiger partial charge in [0.1, 0.15) is 0 Å². The number of hydrogen-bond donors (Lipinski definition) is 1. The third kappa shape index (κ3) is 4.08. The summed E-state index contributed by atoms with van der Waals surface area (Å²) in [6.45, 7) is 7.67. The van der Waals surface area contributed by atoms with Crippen LogP contribution in [-0.4, -0.2) is 12.7 Å². The number of benzene rings is 1. The fourth-order valence-electron chi connectivity index (χ4n) is 3.42. The summed E-state index contributed by atoms with van der Waals surface area (Å²) in [5, 5.41) is 0. The molecule has 1 aliphatic carbocycles. The Morgan fingerprint density at radius 3 is 2.62 bits per heavy atom. The molecule has 4 atom stereocenters. The van der Waals surface area contributed by atoms with Crippen molar-refractivity contribution < 1.29 is 4.74 Å². The van der Waals surface area contributed by atoms with Gasteiger partial charge in [0, 0.05) is 6.61 Å². The molecule has 2 heteroatoms. The molecule has 0 fully saturated rings. The van der Waals surface area contributed by atoms with Crippen molar-refractivity contribution >= 4 is 0 Å². The van der Waals surface area contributed by atoms with E-state index in [1.165, 1.54) is 36.8 Å². The Balaban J connectivity index is 1.96. The van der Waals surface area contributed by atoms with E-state index in [4.69, 9.17) is 10.5 Å². The molecular formula is C19H31NO. The van der Waals surface area contributed by atoms with Gasteiger partial charge in [0.05, 0.1) is 12.1 Å². The molecule has 0 bridgehead atoms. The average molecular weight is 289 g/mol. The second-order valence-electron chi connectivity index (χ2n) is 6.58. The molecule has 21 heavy (non-hydrogen) atoms. The molecule has 0 heterocycles. The van der Waals surface area contributed by atoms with Crippen LogP contribution < -0.4 is 5.73 Å². The highest BCUT2D eigenvalue weighted by molar-refractivity contribution is 5.35. The van der Waals surface area contributed by atoms with Gasteiger partial charge >= 0.3 is 0 Å². The number of nitrogens with two attached hydrogens (primary N) is 1. The van der Waals surface area contributed by atoms with Gasteiger partial charge in [0.15, 0.2) is 0 Å². The van der Waals surface area contributed by atoms with Crippen LogP contribution in [0.1, 0.15) is 76.0 Å². The topological polar surface area (TPSA) is 35.2 Å². The van der Waals surface area contributed by atoms with Crippen LogP contribution in [0, 0.1) is 5.92 Å². The van der Waals surface area contributed by atoms with Gasteiger partial charge in [-0.25, -0.2) is 0 Å². The Bertz CT molecular complexity index is 431. The Morgan fingerprint density at radius 2 is 1.95 bits per heavy atom. The number of fused-ring (bicyclic) bond motifs is 1. The SMILES string of the molecule is CCCCC(CC)COC1CC(C)c2ccccc2C1N. The second kappa shape index (κ2) is 7.95. The summed E-state index contributed by atoms with van der Waals surface area (Å²) >= 11 is 0. The van der Waals surface area contributed by atoms with E-state index in [0.29, 0.717) is 11.8 Å². The standard InChI is InChI=1S/C19H31NO/c1-4-6-9-15(5-2)13-21-18-12-14(3)16-10-7-8-11-17(16)19(18)20/h7-8,10-11,14-15,18-19H,4-6,9,12-13,20H2,1-3H3. The van der Waals surface area contributed by atoms with Crippen molar-refractivity contribution in [1.82, 2.24) is 0 Å². The highest BCUT2D eigenvalue weighted by Gasteiger charge is 2.31. The van der Waals surface area contributed by atoms with Gasteiger partial charge in [-0.3, -0.25) is 0 Å². The van der Waals surface area contributed by atoms with Crippen molar-refractivity contribution in [2.24, 2.45) is 11.7 Å². The van der Waals surface area contributed by atoms with E-state index >= 15 is 0 Å². The van der Waals surface area contributed by atoms with E-state index in [9.17, 15) is 0 Å². The molecule has 0 radical (unpaired) electrons. The largest absolute Gasteiger partial charge is 0.376 e. The van der Waals surface area contributed by atoms with Crippen LogP contribution >= 0.6 is 0 Å². The van der Waals surface area contributed by atoms with Crippen LogP contribution in [0.4, 0.5) is 0 Å². The van der Waals surface area contributed by atoms with Crippen LogP contribution in [-0.2, 0) is 4.74 Å². The summed E-state index contributed by atoms with van der Waals surface area (Å²) in [4.78, 5) is 0. The lowest BCUT2D eigenvalue weighted by atomic mass is 9.79. The predicted molar refractivity (Wildman–Crippen MR) is 89.4 cm³/mol. The fraction of sp³-hybridized carbons (Fsp3) is 0.684. The van der Waals surface area contributed by atoms with Crippen molar-refractivity contribution in [2.45, 2.75) is 70.9 Å². The second-order valence-corrected chi connectivity index (χ2v) is 6.58. The maximum absolute atomic E-state index is 6.46. The van der Waals surface area contributed by atoms with E-state index in [1.54, 1.807) is 0 Å². The molecular weight excluding hydrogens is 258 g/mol. The lowest BCUT2D eigenvalue weighted by Crippen LogP contribution is -2.36. The molecule has 1 aromatic rings. The zero-order valence-corrected chi connectivity index (χ0v) is 13.8. The lowest BCUT2D eigenvalue weighted by Gasteiger charge is -2.35. The van der Waals surface area contributed by atoms with Gasteiger partial charge in [-0.1, -0.05) is 64.3 Å². The quantitative estimate of drug-likeness (QED) is 0.783. The molecule has 0 spiro atoms. The van der Waals surface area contributed by atoms with Gasteiger partial charge in [0.2, 0.25) is 0 Å². The van der Waals surface area contributed by atoms with Gasteiger partial charge in [-0.15, -0.1) is 0 Å². The zero-order valence-electron chi connectivity index (χ0n) is 13.8. The van der Waals surface area contributed by atoms with Crippen molar-refractivity contribution in [1.29, 1.82) is 0 Å². The maximum Gasteiger partial charge on any atom is 0.0773 e. The molecule has 118 valence electrons. The van der Waals surface area contributed by atoms with Crippen LogP contribution in [0.15, 0.2) is 24.3 Å². The molecule has 0 saturated carbocycles. The summed E-state index contributed by atoms with van der Waals surface area (Å²) in [5.41, 5.74) is 9.14. The summed E-state index contributed by atoms with van der Waals surface area (Å²) in [6, 6.07) is 8.61. The highest BCUT2D eigenvalue weighted by atomic mass is 16.5. The summed E-state index contributed by atoms with van der Waals surface area (Å²) in [5.74, 6) is 1.23. The third-order valence-corrected chi connectivity index (χ3v) is 4.96. The Morgan fingerprint density at radius 1 is 1.24 bits per heavy atom. The molecule has 2 N–H and O–H groups in total. The predicted octanol–water partition coefficient (Wildman–Crippen LogP) is 4.80. The molecule has 0 aromatic heterocycles. The normalized spacial score (nSPS) is 26.4. The van der Waals surface area contributed by atoms with Crippen LogP contribution in [0.25, 0.3) is 0 Å². The van der Waals surface area contributed by atoms with Crippen molar-refractivity contribution in [3.05, 3.63) is 35.4 Å². The third-order valence-electron chi connectivity index (χ3n) is 4.96. The van der Waals surface area contributed by atoms with Crippen LogP contribution in [0.5, 0.6) is 0 Å². The molecule has 2 nitrogen and oxygen atoms in total. The van der Waals surface area contributed by atoms with Crippen LogP contribution in [0.2, 0.25) is 0 Å². The zero-order chi connectivity index (χ0) is 15.2. The van der Waals surface area contributed by atoms with Gasteiger partial charge in [-0.2, -0.15) is 0 Å². The molecule has 2 rings (SSSR count). The van der Waals surface area contributed by atoms with Crippen molar-refractivity contribution in [3.8, 4) is 0 Å². The van der Waals surface area contributed by atoms with E-state index in [2.05, 4.69) is 45.0 Å². The molecule has 1 aromatic carbocycles. The summed E-state index contributed by atoms with van der Waals surface area (Å²) < 4.78 is 6.25. The molecule has 1 aliphatic rings. The number of hydrogen-bond acceptors (Lipinski definition) is 2. The van der Waals surface area contributed by atoms with Gasteiger partial charge < -0.3 is 10.5 Å². The van der Waals surface area contributed by atoms with Crippen molar-refractivity contribution in [3.63, 3.8) is 0 Å². The highest BCUT2D eigenvalue weighted by Crippen LogP contribution is 2.37. The smallest absolute Gasteiger partial charge is 0.0773 e. The number of rotatable bonds is 7. The van der Waals surface area contributed by atoms with E-state index < -0.39 is 0 Å². The summed E-state index contributed by atoms with van der Waals surface area (Å²) in [6.07, 6.45) is 6.27. The molecule has 0 saturated heterocycles. The van der Waals surface area contributed by atoms with E-state index in [-0.39, 0.29) is 12.1 Å². The molecule has 0 aliphatic heterocycles. The monoisotopic (exact) mass is 289 g/mol. The Kier molecular flexibility index (Phi) is 6.25. The first-order valence-electron chi connectivity index (χ1n) is 8.63. The first-order valence-corrected chi connectivity index (χ1v) is 8.63. The molecule has 4 unspecified atom stereocenters. The minimum Gasteiger partial charge on any atom is -0.376 e.